The molecule has 40 heavy (non-hydrogen) atoms. The van der Waals surface area contributed by atoms with Crippen molar-refractivity contribution in [2.24, 2.45) is 0 Å². The van der Waals surface area contributed by atoms with Gasteiger partial charge in [0.05, 0.1) is 0 Å². The third-order valence-corrected chi connectivity index (χ3v) is 8.32. The summed E-state index contributed by atoms with van der Waals surface area (Å²) in [6.45, 7) is 6.87. The maximum atomic E-state index is 13.9. The number of piperidine rings is 2. The number of likely N-dealkylation sites (tertiary alicyclic amines) is 2. The predicted octanol–water partition coefficient (Wildman–Crippen LogP) is 6.64. The number of rotatable bonds is 8. The molecule has 8 heteroatoms. The van der Waals surface area contributed by atoms with E-state index < -0.39 is 17.5 Å². The Hall–Kier alpha value is -3.36. The first kappa shape index (κ1) is 28.2. The molecule has 5 nitrogen and oxygen atoms in total. The van der Waals surface area contributed by atoms with Crippen molar-refractivity contribution in [1.82, 2.24) is 9.80 Å². The number of nitrogens with zero attached hydrogens (tertiary/aromatic N) is 3. The lowest BCUT2D eigenvalue weighted by Crippen LogP contribution is -2.43. The highest BCUT2D eigenvalue weighted by atomic mass is 19.2. The second-order valence-corrected chi connectivity index (χ2v) is 11.1. The number of aryl methyl sites for hydroxylation is 1. The van der Waals surface area contributed by atoms with Crippen LogP contribution in [0.25, 0.3) is 0 Å². The summed E-state index contributed by atoms with van der Waals surface area (Å²) >= 11 is 0. The van der Waals surface area contributed by atoms with Crippen LogP contribution in [-0.4, -0.2) is 55.5 Å². The lowest BCUT2D eigenvalue weighted by molar-refractivity contribution is -0.108. The van der Waals surface area contributed by atoms with E-state index in [-0.39, 0.29) is 11.8 Å². The van der Waals surface area contributed by atoms with E-state index >= 15 is 0 Å². The van der Waals surface area contributed by atoms with E-state index in [1.807, 2.05) is 17.0 Å². The highest BCUT2D eigenvalue weighted by molar-refractivity contribution is 5.76. The molecule has 0 N–H and O–H groups in total. The number of ether oxygens (including phenoxy) is 1. The Balaban J connectivity index is 1.17. The van der Waals surface area contributed by atoms with Gasteiger partial charge in [-0.3, -0.25) is 9.69 Å². The van der Waals surface area contributed by atoms with E-state index in [1.165, 1.54) is 11.1 Å². The molecule has 2 aliphatic heterocycles. The van der Waals surface area contributed by atoms with Gasteiger partial charge in [0.2, 0.25) is 6.41 Å². The van der Waals surface area contributed by atoms with E-state index in [0.29, 0.717) is 23.8 Å². The number of carbonyl (C=O) groups excluding carboxylic acids is 1. The quantitative estimate of drug-likeness (QED) is 0.232. The molecule has 3 aromatic rings. The van der Waals surface area contributed by atoms with Crippen molar-refractivity contribution in [1.29, 1.82) is 0 Å². The molecule has 0 radical (unpaired) electrons. The molecule has 5 rings (SSSR count). The molecule has 3 aromatic carbocycles. The summed E-state index contributed by atoms with van der Waals surface area (Å²) in [5, 5.41) is 0. The second-order valence-electron chi connectivity index (χ2n) is 11.1. The SMILES string of the molecule is Cc1ccc(N(C=O)C2CCN(C)CC2)cc1C1CCN(Cc2ccc(Oc3cc(F)c(F)cc3F)cc2)CC1. The van der Waals surface area contributed by atoms with Gasteiger partial charge in [0.15, 0.2) is 23.2 Å². The predicted molar refractivity (Wildman–Crippen MR) is 150 cm³/mol. The Morgan fingerprint density at radius 1 is 0.875 bits per heavy atom. The monoisotopic (exact) mass is 551 g/mol. The van der Waals surface area contributed by atoms with Crippen LogP contribution < -0.4 is 9.64 Å². The zero-order chi connectivity index (χ0) is 28.2. The molecule has 0 saturated carbocycles. The van der Waals surface area contributed by atoms with Crippen LogP contribution >= 0.6 is 0 Å². The van der Waals surface area contributed by atoms with Gasteiger partial charge >= 0.3 is 0 Å². The van der Waals surface area contributed by atoms with Crippen LogP contribution in [0.5, 0.6) is 11.5 Å². The number of amides is 1. The standard InChI is InChI=1S/C32H36F3N3O2/c1-22-3-6-26(38(21-39)25-11-13-36(2)14-12-25)17-28(22)24-9-15-37(16-10-24)20-23-4-7-27(8-5-23)40-32-19-30(34)29(33)18-31(32)35/h3-8,17-19,21,24-25H,9-16,20H2,1-2H3. The lowest BCUT2D eigenvalue weighted by atomic mass is 9.86. The van der Waals surface area contributed by atoms with E-state index in [4.69, 9.17) is 4.74 Å². The van der Waals surface area contributed by atoms with Crippen molar-refractivity contribution in [3.05, 3.63) is 88.7 Å². The lowest BCUT2D eigenvalue weighted by Gasteiger charge is -2.36. The van der Waals surface area contributed by atoms with E-state index in [0.717, 1.165) is 76.1 Å². The summed E-state index contributed by atoms with van der Waals surface area (Å²) < 4.78 is 46.0. The maximum absolute atomic E-state index is 13.9. The minimum atomic E-state index is -1.25. The fraction of sp³-hybridized carbons (Fsp3) is 0.406. The third-order valence-electron chi connectivity index (χ3n) is 8.32. The summed E-state index contributed by atoms with van der Waals surface area (Å²) in [7, 11) is 2.13. The number of hydrogen-bond donors (Lipinski definition) is 0. The van der Waals surface area contributed by atoms with E-state index in [2.05, 4.69) is 42.0 Å². The molecule has 2 aliphatic rings. The summed E-state index contributed by atoms with van der Waals surface area (Å²) in [5.74, 6) is -2.90. The van der Waals surface area contributed by atoms with Crippen LogP contribution in [0.2, 0.25) is 0 Å². The topological polar surface area (TPSA) is 36.0 Å². The molecule has 0 aromatic heterocycles. The van der Waals surface area contributed by atoms with Gasteiger partial charge in [-0.1, -0.05) is 18.2 Å². The molecule has 0 bridgehead atoms. The van der Waals surface area contributed by atoms with Crippen molar-refractivity contribution in [3.8, 4) is 11.5 Å². The van der Waals surface area contributed by atoms with Gasteiger partial charge in [-0.15, -0.1) is 0 Å². The van der Waals surface area contributed by atoms with Gasteiger partial charge in [-0.25, -0.2) is 13.2 Å². The molecular weight excluding hydrogens is 515 g/mol. The molecule has 0 unspecified atom stereocenters. The Labute approximate surface area is 234 Å². The molecule has 0 spiro atoms. The summed E-state index contributed by atoms with van der Waals surface area (Å²) in [6, 6.07) is 15.1. The first-order valence-corrected chi connectivity index (χ1v) is 14.0. The summed E-state index contributed by atoms with van der Waals surface area (Å²) in [4.78, 5) is 18.7. The first-order valence-electron chi connectivity index (χ1n) is 14.0. The highest BCUT2D eigenvalue weighted by Crippen LogP contribution is 2.34. The Bertz CT molecular complexity index is 1320. The fourth-order valence-electron chi connectivity index (χ4n) is 5.89. The minimum absolute atomic E-state index is 0.249. The first-order chi connectivity index (χ1) is 19.3. The largest absolute Gasteiger partial charge is 0.454 e. The highest BCUT2D eigenvalue weighted by Gasteiger charge is 2.26. The normalized spacial score (nSPS) is 17.6. The average molecular weight is 552 g/mol. The number of carbonyl (C=O) groups is 1. The second kappa shape index (κ2) is 12.4. The Morgan fingerprint density at radius 3 is 2.23 bits per heavy atom. The van der Waals surface area contributed by atoms with Crippen LogP contribution in [0, 0.1) is 24.4 Å². The number of hydrogen-bond acceptors (Lipinski definition) is 4. The van der Waals surface area contributed by atoms with Crippen molar-refractivity contribution < 1.29 is 22.7 Å². The molecule has 2 saturated heterocycles. The van der Waals surface area contributed by atoms with Crippen LogP contribution in [-0.2, 0) is 11.3 Å². The molecule has 0 aliphatic carbocycles. The molecule has 212 valence electrons. The summed E-state index contributed by atoms with van der Waals surface area (Å²) in [5.41, 5.74) is 4.69. The maximum Gasteiger partial charge on any atom is 0.214 e. The fourth-order valence-corrected chi connectivity index (χ4v) is 5.89. The zero-order valence-electron chi connectivity index (χ0n) is 23.1. The van der Waals surface area contributed by atoms with E-state index in [9.17, 15) is 18.0 Å². The van der Waals surface area contributed by atoms with Crippen LogP contribution in [0.1, 0.15) is 48.3 Å². The number of halogens is 3. The zero-order valence-corrected chi connectivity index (χ0v) is 23.1. The van der Waals surface area contributed by atoms with Gasteiger partial charge in [-0.05, 0) is 113 Å². The minimum Gasteiger partial charge on any atom is -0.454 e. The molecule has 0 atom stereocenters. The van der Waals surface area contributed by atoms with Gasteiger partial charge in [0.25, 0.3) is 0 Å². The third kappa shape index (κ3) is 6.50. The number of anilines is 1. The van der Waals surface area contributed by atoms with Gasteiger partial charge in [0, 0.05) is 30.4 Å². The van der Waals surface area contributed by atoms with Gasteiger partial charge < -0.3 is 14.5 Å². The van der Waals surface area contributed by atoms with Gasteiger partial charge in [0.1, 0.15) is 5.75 Å². The smallest absolute Gasteiger partial charge is 0.214 e. The van der Waals surface area contributed by atoms with Crippen molar-refractivity contribution in [2.45, 2.75) is 51.1 Å². The molecule has 2 heterocycles. The number of benzene rings is 3. The van der Waals surface area contributed by atoms with Crippen LogP contribution in [0.4, 0.5) is 18.9 Å². The van der Waals surface area contributed by atoms with Gasteiger partial charge in [-0.2, -0.15) is 0 Å². The Kier molecular flexibility index (Phi) is 8.76. The molecule has 1 amide bonds. The average Bonchev–Trinajstić information content (AvgIpc) is 2.95. The van der Waals surface area contributed by atoms with Crippen molar-refractivity contribution in [2.75, 3.05) is 38.1 Å². The van der Waals surface area contributed by atoms with E-state index in [1.54, 1.807) is 12.1 Å². The molecular formula is C32H36F3N3O2. The van der Waals surface area contributed by atoms with Crippen LogP contribution in [0.15, 0.2) is 54.6 Å². The van der Waals surface area contributed by atoms with Crippen LogP contribution in [0.3, 0.4) is 0 Å². The summed E-state index contributed by atoms with van der Waals surface area (Å²) in [6.07, 6.45) is 5.06. The van der Waals surface area contributed by atoms with Crippen molar-refractivity contribution in [3.63, 3.8) is 0 Å². The Morgan fingerprint density at radius 2 is 1.55 bits per heavy atom. The molecule has 2 fully saturated rings. The van der Waals surface area contributed by atoms with Crippen molar-refractivity contribution >= 4 is 12.1 Å².